The van der Waals surface area contributed by atoms with Crippen LogP contribution in [0.15, 0.2) is 89.9 Å². The third-order valence-electron chi connectivity index (χ3n) is 4.27. The summed E-state index contributed by atoms with van der Waals surface area (Å²) in [5, 5.41) is 4.11. The number of aliphatic imine (C=N–C) groups is 1. The van der Waals surface area contributed by atoms with E-state index in [1.54, 1.807) is 0 Å². The summed E-state index contributed by atoms with van der Waals surface area (Å²) in [6.07, 6.45) is 3.20. The lowest BCUT2D eigenvalue weighted by atomic mass is 10.1. The van der Waals surface area contributed by atoms with Gasteiger partial charge in [-0.15, -0.1) is 0 Å². The molecule has 3 aromatic carbocycles. The average Bonchev–Trinajstić information content (AvgIpc) is 2.68. The third kappa shape index (κ3) is 4.90. The van der Waals surface area contributed by atoms with Crippen molar-refractivity contribution in [3.63, 3.8) is 0 Å². The highest BCUT2D eigenvalue weighted by molar-refractivity contribution is 7.80. The fraction of sp³-hybridized carbons (Fsp3) is 0.208. The molecule has 0 saturated carbocycles. The summed E-state index contributed by atoms with van der Waals surface area (Å²) >= 11 is 0. The van der Waals surface area contributed by atoms with Crippen molar-refractivity contribution in [2.75, 3.05) is 6.54 Å². The molecule has 3 aromatic rings. The summed E-state index contributed by atoms with van der Waals surface area (Å²) in [4.78, 5) is 4.70. The number of hydrogen-bond donors (Lipinski definition) is 0. The van der Waals surface area contributed by atoms with E-state index in [0.29, 0.717) is 5.92 Å². The normalized spacial score (nSPS) is 11.5. The first-order chi connectivity index (χ1) is 12.8. The van der Waals surface area contributed by atoms with E-state index in [2.05, 4.69) is 105 Å². The molecule has 0 N–H and O–H groups in total. The second-order valence-corrected chi connectivity index (χ2v) is 8.97. The first-order valence-corrected chi connectivity index (χ1v) is 10.6. The molecule has 0 bridgehead atoms. The summed E-state index contributed by atoms with van der Waals surface area (Å²) in [6, 6.07) is 30.4. The molecule has 0 amide bonds. The zero-order valence-electron chi connectivity index (χ0n) is 15.5. The molecule has 3 rings (SSSR count). The third-order valence-corrected chi connectivity index (χ3v) is 6.79. The lowest BCUT2D eigenvalue weighted by Crippen LogP contribution is -2.23. The van der Waals surface area contributed by atoms with Crippen LogP contribution in [0.5, 0.6) is 0 Å². The van der Waals surface area contributed by atoms with Crippen LogP contribution in [-0.4, -0.2) is 12.8 Å². The Balaban J connectivity index is 2.00. The van der Waals surface area contributed by atoms with Gasteiger partial charge in [0, 0.05) is 18.3 Å². The Morgan fingerprint density at radius 2 is 1.31 bits per heavy atom. The van der Waals surface area contributed by atoms with Gasteiger partial charge in [0.25, 0.3) is 0 Å². The van der Waals surface area contributed by atoms with Gasteiger partial charge in [0.05, 0.1) is 0 Å². The Bertz CT molecular complexity index is 786. The van der Waals surface area contributed by atoms with Gasteiger partial charge in [-0.1, -0.05) is 98.8 Å². The molecule has 0 spiro atoms. The zero-order chi connectivity index (χ0) is 18.2. The van der Waals surface area contributed by atoms with Gasteiger partial charge in [-0.05, 0) is 36.2 Å². The van der Waals surface area contributed by atoms with Gasteiger partial charge in [-0.3, -0.25) is 4.99 Å². The highest BCUT2D eigenvalue weighted by atomic mass is 31.1. The van der Waals surface area contributed by atoms with E-state index in [0.717, 1.165) is 13.0 Å². The minimum Gasteiger partial charge on any atom is -0.293 e. The molecule has 0 heterocycles. The maximum atomic E-state index is 4.70. The fourth-order valence-electron chi connectivity index (χ4n) is 2.88. The Kier molecular flexibility index (Phi) is 6.75. The van der Waals surface area contributed by atoms with Crippen LogP contribution in [0.2, 0.25) is 0 Å². The lowest BCUT2D eigenvalue weighted by molar-refractivity contribution is 0.598. The van der Waals surface area contributed by atoms with Gasteiger partial charge >= 0.3 is 0 Å². The topological polar surface area (TPSA) is 12.4 Å². The van der Waals surface area contributed by atoms with Gasteiger partial charge in [0.1, 0.15) is 0 Å². The molecule has 0 aliphatic rings. The van der Waals surface area contributed by atoms with Gasteiger partial charge < -0.3 is 0 Å². The molecule has 0 aromatic heterocycles. The summed E-state index contributed by atoms with van der Waals surface area (Å²) in [7, 11) is -0.591. The predicted octanol–water partition coefficient (Wildman–Crippen LogP) is 4.91. The van der Waals surface area contributed by atoms with Crippen LogP contribution in [0.1, 0.15) is 25.8 Å². The Morgan fingerprint density at radius 1 is 0.769 bits per heavy atom. The molecule has 1 nitrogen and oxygen atoms in total. The monoisotopic (exact) mass is 359 g/mol. The number of rotatable bonds is 7. The first-order valence-electron chi connectivity index (χ1n) is 9.25. The van der Waals surface area contributed by atoms with Crippen molar-refractivity contribution in [1.29, 1.82) is 0 Å². The first kappa shape index (κ1) is 18.5. The molecular weight excluding hydrogens is 333 g/mol. The van der Waals surface area contributed by atoms with Crippen molar-refractivity contribution in [1.82, 2.24) is 0 Å². The molecule has 0 unspecified atom stereocenters. The molecule has 0 fully saturated rings. The van der Waals surface area contributed by atoms with E-state index in [1.807, 2.05) is 0 Å². The van der Waals surface area contributed by atoms with Gasteiger partial charge in [0.2, 0.25) is 0 Å². The molecule has 0 radical (unpaired) electrons. The van der Waals surface area contributed by atoms with E-state index >= 15 is 0 Å². The van der Waals surface area contributed by atoms with E-state index < -0.39 is 7.92 Å². The summed E-state index contributed by atoms with van der Waals surface area (Å²) in [6.45, 7) is 5.38. The lowest BCUT2D eigenvalue weighted by Gasteiger charge is -2.21. The predicted molar refractivity (Wildman–Crippen MR) is 117 cm³/mol. The van der Waals surface area contributed by atoms with E-state index in [9.17, 15) is 0 Å². The second-order valence-electron chi connectivity index (χ2n) is 6.78. The molecule has 0 aliphatic carbocycles. The van der Waals surface area contributed by atoms with Gasteiger partial charge in [0.15, 0.2) is 0 Å². The zero-order valence-corrected chi connectivity index (χ0v) is 16.4. The quantitative estimate of drug-likeness (QED) is 0.420. The highest BCUT2D eigenvalue weighted by Gasteiger charge is 2.18. The van der Waals surface area contributed by atoms with Crippen molar-refractivity contribution < 1.29 is 0 Å². The van der Waals surface area contributed by atoms with Crippen molar-refractivity contribution in [3.8, 4) is 0 Å². The van der Waals surface area contributed by atoms with Crippen LogP contribution in [0.3, 0.4) is 0 Å². The summed E-state index contributed by atoms with van der Waals surface area (Å²) < 4.78 is 0. The minimum atomic E-state index is -0.591. The van der Waals surface area contributed by atoms with Crippen LogP contribution < -0.4 is 15.9 Å². The van der Waals surface area contributed by atoms with Gasteiger partial charge in [-0.2, -0.15) is 0 Å². The van der Waals surface area contributed by atoms with Crippen molar-refractivity contribution in [2.24, 2.45) is 10.9 Å². The Labute approximate surface area is 158 Å². The number of hydrogen-bond acceptors (Lipinski definition) is 1. The van der Waals surface area contributed by atoms with E-state index in [4.69, 9.17) is 4.99 Å². The molecule has 26 heavy (non-hydrogen) atoms. The largest absolute Gasteiger partial charge is 0.293 e. The van der Waals surface area contributed by atoms with Gasteiger partial charge in [-0.25, -0.2) is 0 Å². The summed E-state index contributed by atoms with van der Waals surface area (Å²) in [5.41, 5.74) is 1.23. The van der Waals surface area contributed by atoms with Crippen molar-refractivity contribution in [3.05, 3.63) is 90.5 Å². The molecule has 132 valence electrons. The van der Waals surface area contributed by atoms with Crippen LogP contribution in [0.4, 0.5) is 0 Å². The molecule has 0 saturated heterocycles. The molecule has 2 heteroatoms. The van der Waals surface area contributed by atoms with E-state index in [1.165, 1.54) is 21.5 Å². The van der Waals surface area contributed by atoms with Crippen LogP contribution >= 0.6 is 7.92 Å². The maximum Gasteiger partial charge on any atom is 0.0391 e. The van der Waals surface area contributed by atoms with Crippen LogP contribution in [0.25, 0.3) is 0 Å². The molecular formula is C24H26NP. The van der Waals surface area contributed by atoms with Crippen LogP contribution in [0, 0.1) is 5.92 Å². The minimum absolute atomic E-state index is 0.591. The molecule has 0 atom stereocenters. The maximum absolute atomic E-state index is 4.70. The second kappa shape index (κ2) is 9.46. The SMILES string of the molecule is CC(C)CC/N=C/c1ccccc1P(c1ccccc1)c1ccccc1. The van der Waals surface area contributed by atoms with Crippen molar-refractivity contribution in [2.45, 2.75) is 20.3 Å². The standard InChI is InChI=1S/C24H26NP/c1-20(2)17-18-25-19-21-11-9-10-16-24(21)26(22-12-5-3-6-13-22)23-14-7-4-8-15-23/h3-16,19-20H,17-18H2,1-2H3/b25-19+. The number of nitrogens with zero attached hydrogens (tertiary/aromatic N) is 1. The fourth-order valence-corrected chi connectivity index (χ4v) is 5.30. The Morgan fingerprint density at radius 3 is 1.88 bits per heavy atom. The highest BCUT2D eigenvalue weighted by Crippen LogP contribution is 2.33. The summed E-state index contributed by atoms with van der Waals surface area (Å²) in [5.74, 6) is 0.688. The average molecular weight is 359 g/mol. The number of benzene rings is 3. The van der Waals surface area contributed by atoms with E-state index in [-0.39, 0.29) is 0 Å². The van der Waals surface area contributed by atoms with Crippen molar-refractivity contribution >= 4 is 30.0 Å². The Hall–Kier alpha value is -2.24. The smallest absolute Gasteiger partial charge is 0.0391 e. The molecule has 0 aliphatic heterocycles. The van der Waals surface area contributed by atoms with Crippen LogP contribution in [-0.2, 0) is 0 Å².